The highest BCUT2D eigenvalue weighted by atomic mass is 16.3. The molecule has 2 N–H and O–H groups in total. The first kappa shape index (κ1) is 38.9. The Morgan fingerprint density at radius 1 is 0.571 bits per heavy atom. The number of aliphatic hydroxyl groups excluding tert-OH is 1. The summed E-state index contributed by atoms with van der Waals surface area (Å²) in [4.78, 5) is 10.6. The quantitative estimate of drug-likeness (QED) is 0.102. The van der Waals surface area contributed by atoms with Gasteiger partial charge in [0.1, 0.15) is 0 Å². The third-order valence-corrected chi connectivity index (χ3v) is 6.80. The maximum absolute atomic E-state index is 8.55. The van der Waals surface area contributed by atoms with Crippen LogP contribution in [0.2, 0.25) is 0 Å². The van der Waals surface area contributed by atoms with Crippen molar-refractivity contribution in [3.63, 3.8) is 0 Å². The fourth-order valence-corrected chi connectivity index (χ4v) is 4.61. The number of unbranched alkanes of at least 4 members (excludes halogenated alkanes) is 13. The second kappa shape index (κ2) is 37.9. The van der Waals surface area contributed by atoms with Gasteiger partial charge in [0.15, 0.2) is 0 Å². The number of carbonyl (C=O) groups is 1. The van der Waals surface area contributed by atoms with Crippen molar-refractivity contribution < 1.29 is 15.0 Å². The summed E-state index contributed by atoms with van der Waals surface area (Å²) in [7, 11) is 0. The Labute approximate surface area is 221 Å². The summed E-state index contributed by atoms with van der Waals surface area (Å²) in [6, 6.07) is 0. The van der Waals surface area contributed by atoms with Crippen LogP contribution in [0.3, 0.4) is 0 Å². The Morgan fingerprint density at radius 3 is 1.23 bits per heavy atom. The second-order valence-corrected chi connectivity index (χ2v) is 10.1. The predicted molar refractivity (Wildman–Crippen MR) is 156 cm³/mol. The zero-order valence-corrected chi connectivity index (χ0v) is 24.9. The smallest absolute Gasteiger partial charge is 0.290 e. The number of likely N-dealkylation sites (N-methyl/N-ethyl adjacent to an activating group) is 1. The predicted octanol–water partition coefficient (Wildman–Crippen LogP) is 9.49. The number of carboxylic acid groups (broad SMARTS) is 1. The first-order valence-corrected chi connectivity index (χ1v) is 15.5. The van der Waals surface area contributed by atoms with Crippen molar-refractivity contribution in [2.45, 2.75) is 163 Å². The lowest BCUT2D eigenvalue weighted by atomic mass is 9.89. The molecule has 4 nitrogen and oxygen atoms in total. The van der Waals surface area contributed by atoms with Crippen molar-refractivity contribution in [3.8, 4) is 0 Å². The first-order chi connectivity index (χ1) is 17.1. The van der Waals surface area contributed by atoms with Crippen molar-refractivity contribution >= 4 is 6.47 Å². The minimum absolute atomic E-state index is 0.250. The molecule has 0 aliphatic heterocycles. The maximum atomic E-state index is 8.55. The SMILES string of the molecule is CCCCCCCCC(CCCCCC)CCCCCCCC.CCCN(CC)CCO.O=CO. The zero-order valence-electron chi connectivity index (χ0n) is 24.9. The Kier molecular flexibility index (Phi) is 42.2. The number of hydrogen-bond acceptors (Lipinski definition) is 3. The van der Waals surface area contributed by atoms with Crippen molar-refractivity contribution in [1.29, 1.82) is 0 Å². The topological polar surface area (TPSA) is 60.8 Å². The molecule has 0 rings (SSSR count). The molecule has 0 aliphatic rings. The van der Waals surface area contributed by atoms with E-state index in [-0.39, 0.29) is 13.1 Å². The molecule has 0 aromatic rings. The van der Waals surface area contributed by atoms with Gasteiger partial charge in [0.05, 0.1) is 6.61 Å². The van der Waals surface area contributed by atoms with Gasteiger partial charge in [-0.1, -0.05) is 157 Å². The molecule has 0 amide bonds. The van der Waals surface area contributed by atoms with Crippen LogP contribution in [0.15, 0.2) is 0 Å². The van der Waals surface area contributed by atoms with Gasteiger partial charge in [-0.25, -0.2) is 0 Å². The van der Waals surface area contributed by atoms with E-state index in [1.165, 1.54) is 128 Å². The Balaban J connectivity index is -0.000000705. The van der Waals surface area contributed by atoms with Crippen LogP contribution in [0, 0.1) is 5.92 Å². The van der Waals surface area contributed by atoms with Gasteiger partial charge in [-0.15, -0.1) is 0 Å². The van der Waals surface area contributed by atoms with Crippen LogP contribution in [0.4, 0.5) is 0 Å². The van der Waals surface area contributed by atoms with E-state index < -0.39 is 0 Å². The van der Waals surface area contributed by atoms with Crippen LogP contribution in [0.5, 0.6) is 0 Å². The van der Waals surface area contributed by atoms with Crippen LogP contribution in [0.25, 0.3) is 0 Å². The summed E-state index contributed by atoms with van der Waals surface area (Å²) in [5.41, 5.74) is 0. The third kappa shape index (κ3) is 38.1. The zero-order chi connectivity index (χ0) is 26.8. The molecule has 4 heteroatoms. The molecule has 0 atom stereocenters. The third-order valence-electron chi connectivity index (χ3n) is 6.80. The van der Waals surface area contributed by atoms with Gasteiger partial charge in [-0.3, -0.25) is 4.79 Å². The highest BCUT2D eigenvalue weighted by molar-refractivity contribution is 5.32. The molecule has 0 spiro atoms. The van der Waals surface area contributed by atoms with Crippen LogP contribution in [-0.2, 0) is 4.79 Å². The fraction of sp³-hybridized carbons (Fsp3) is 0.968. The van der Waals surface area contributed by atoms with Gasteiger partial charge in [0.2, 0.25) is 0 Å². The van der Waals surface area contributed by atoms with E-state index in [0.29, 0.717) is 0 Å². The van der Waals surface area contributed by atoms with E-state index in [2.05, 4.69) is 39.5 Å². The first-order valence-electron chi connectivity index (χ1n) is 15.5. The lowest BCUT2D eigenvalue weighted by Crippen LogP contribution is -2.27. The molecule has 0 aromatic heterocycles. The minimum atomic E-state index is -0.250. The van der Waals surface area contributed by atoms with Gasteiger partial charge in [-0.05, 0) is 25.4 Å². The van der Waals surface area contributed by atoms with E-state index >= 15 is 0 Å². The van der Waals surface area contributed by atoms with Crippen LogP contribution in [-0.4, -0.2) is 47.8 Å². The average molecular weight is 502 g/mol. The van der Waals surface area contributed by atoms with Crippen LogP contribution in [0.1, 0.15) is 163 Å². The van der Waals surface area contributed by atoms with Gasteiger partial charge in [-0.2, -0.15) is 0 Å². The molecule has 0 aliphatic carbocycles. The van der Waals surface area contributed by atoms with E-state index in [9.17, 15) is 0 Å². The fourth-order valence-electron chi connectivity index (χ4n) is 4.61. The van der Waals surface area contributed by atoms with Crippen molar-refractivity contribution in [2.75, 3.05) is 26.2 Å². The highest BCUT2D eigenvalue weighted by Crippen LogP contribution is 2.24. The summed E-state index contributed by atoms with van der Waals surface area (Å²) in [5.74, 6) is 1.05. The number of hydrogen-bond donors (Lipinski definition) is 2. The molecule has 35 heavy (non-hydrogen) atoms. The molecule has 0 radical (unpaired) electrons. The Bertz CT molecular complexity index is 330. The highest BCUT2D eigenvalue weighted by Gasteiger charge is 2.08. The Hall–Kier alpha value is -0.610. The minimum Gasteiger partial charge on any atom is -0.483 e. The lowest BCUT2D eigenvalue weighted by Gasteiger charge is -2.17. The maximum Gasteiger partial charge on any atom is 0.290 e. The van der Waals surface area contributed by atoms with E-state index in [1.54, 1.807) is 0 Å². The molecule has 0 fully saturated rings. The van der Waals surface area contributed by atoms with Crippen LogP contribution >= 0.6 is 0 Å². The van der Waals surface area contributed by atoms with Gasteiger partial charge in [0.25, 0.3) is 6.47 Å². The van der Waals surface area contributed by atoms with E-state index in [4.69, 9.17) is 15.0 Å². The van der Waals surface area contributed by atoms with Gasteiger partial charge < -0.3 is 15.1 Å². The van der Waals surface area contributed by atoms with E-state index in [0.717, 1.165) is 25.6 Å². The summed E-state index contributed by atoms with van der Waals surface area (Å²) in [6.45, 7) is 14.2. The molecule has 0 unspecified atom stereocenters. The average Bonchev–Trinajstić information content (AvgIpc) is 2.86. The normalized spacial score (nSPS) is 10.6. The van der Waals surface area contributed by atoms with Crippen molar-refractivity contribution in [1.82, 2.24) is 4.90 Å². The molecule has 0 aromatic carbocycles. The van der Waals surface area contributed by atoms with Gasteiger partial charge in [0, 0.05) is 6.54 Å². The summed E-state index contributed by atoms with van der Waals surface area (Å²) >= 11 is 0. The molecule has 0 bridgehead atoms. The Morgan fingerprint density at radius 2 is 0.914 bits per heavy atom. The van der Waals surface area contributed by atoms with Crippen LogP contribution < -0.4 is 0 Å². The number of aliphatic hydroxyl groups is 1. The number of rotatable bonds is 24. The molecular formula is C31H67NO3. The van der Waals surface area contributed by atoms with E-state index in [1.807, 2.05) is 0 Å². The molecule has 0 saturated carbocycles. The lowest BCUT2D eigenvalue weighted by molar-refractivity contribution is -0.122. The number of nitrogens with zero attached hydrogens (tertiary/aromatic N) is 1. The van der Waals surface area contributed by atoms with Crippen molar-refractivity contribution in [2.24, 2.45) is 5.92 Å². The van der Waals surface area contributed by atoms with Crippen molar-refractivity contribution in [3.05, 3.63) is 0 Å². The molecule has 0 saturated heterocycles. The molecule has 0 heterocycles. The summed E-state index contributed by atoms with van der Waals surface area (Å²) in [6.07, 6.45) is 29.0. The second-order valence-electron chi connectivity index (χ2n) is 10.1. The van der Waals surface area contributed by atoms with Gasteiger partial charge >= 0.3 is 0 Å². The summed E-state index contributed by atoms with van der Waals surface area (Å²) < 4.78 is 0. The molecular weight excluding hydrogens is 434 g/mol. The standard InChI is InChI=1S/C23H48.C7H17NO.CH2O2/c1-4-7-10-13-15-18-21-23(20-17-12-9-6-3)22-19-16-14-11-8-5-2;1-3-5-8(4-2)6-7-9;2-1-3/h23H,4-22H2,1-3H3;9H,3-7H2,1-2H3;1H,(H,2,3). The largest absolute Gasteiger partial charge is 0.483 e. The monoisotopic (exact) mass is 502 g/mol. The summed E-state index contributed by atoms with van der Waals surface area (Å²) in [5, 5.41) is 15.4. The molecule has 214 valence electrons.